The largest absolute Gasteiger partial charge is 0.508 e. The second-order valence-corrected chi connectivity index (χ2v) is 11.7. The smallest absolute Gasteiger partial charge is 0.255 e. The number of fused-ring (bicyclic) bond motifs is 3. The Morgan fingerprint density at radius 2 is 1.68 bits per heavy atom. The Morgan fingerprint density at radius 3 is 2.34 bits per heavy atom. The molecule has 1 saturated heterocycles. The molecule has 1 amide bonds. The molecule has 2 aromatic carbocycles. The zero-order chi connectivity index (χ0) is 29.2. The Balaban J connectivity index is 1.37. The highest BCUT2D eigenvalue weighted by Crippen LogP contribution is 2.53. The van der Waals surface area contributed by atoms with E-state index in [0.29, 0.717) is 5.56 Å². The number of amides is 1. The summed E-state index contributed by atoms with van der Waals surface area (Å²) in [6, 6.07) is 11.4. The number of primary amides is 1. The molecular formula is C31H33N3O7. The van der Waals surface area contributed by atoms with Gasteiger partial charge in [0.2, 0.25) is 5.78 Å². The molecule has 1 heterocycles. The molecule has 2 fully saturated rings. The van der Waals surface area contributed by atoms with Crippen LogP contribution in [0.3, 0.4) is 0 Å². The molecule has 0 spiro atoms. The number of phenolic OH excluding ortho intramolecular Hbond substituents is 1. The summed E-state index contributed by atoms with van der Waals surface area (Å²) in [6.07, 6.45) is 0.0206. The highest BCUT2D eigenvalue weighted by atomic mass is 16.3. The van der Waals surface area contributed by atoms with Crippen LogP contribution in [0.25, 0.3) is 16.9 Å². The first-order valence-corrected chi connectivity index (χ1v) is 13.8. The fourth-order valence-electron chi connectivity index (χ4n) is 6.95. The minimum atomic E-state index is -2.57. The Kier molecular flexibility index (Phi) is 6.52. The van der Waals surface area contributed by atoms with Crippen LogP contribution in [0.2, 0.25) is 0 Å². The van der Waals surface area contributed by atoms with Crippen molar-refractivity contribution in [1.29, 1.82) is 0 Å². The normalized spacial score (nSPS) is 27.0. The number of aliphatic hydroxyl groups is 3. The molecule has 10 nitrogen and oxygen atoms in total. The minimum absolute atomic E-state index is 0.0937. The standard InChI is InChI=1S/C31H33N3O7/c1-33-8-10-34(11-9-33)15-16-2-4-17(5-3-16)20-6-7-22(35)25-21(20)13-18-12-19-14-23(36)26(30(32)40)29(39)31(19,41)28(38)24(18)27(25)37/h2-7,18-19,35,37,39,41H,8-15H2,1H3,(H2,32,40)/t18?,19?,31-/m0/s1. The summed E-state index contributed by atoms with van der Waals surface area (Å²) in [5.41, 5.74) is 5.35. The van der Waals surface area contributed by atoms with Crippen molar-refractivity contribution in [1.82, 2.24) is 9.80 Å². The summed E-state index contributed by atoms with van der Waals surface area (Å²) in [4.78, 5) is 42.8. The van der Waals surface area contributed by atoms with Gasteiger partial charge in [0, 0.05) is 50.6 Å². The van der Waals surface area contributed by atoms with Gasteiger partial charge in [0.1, 0.15) is 22.8 Å². The van der Waals surface area contributed by atoms with Gasteiger partial charge in [0.15, 0.2) is 11.4 Å². The molecule has 1 saturated carbocycles. The van der Waals surface area contributed by atoms with Crippen molar-refractivity contribution in [3.8, 4) is 16.9 Å². The van der Waals surface area contributed by atoms with E-state index in [1.54, 1.807) is 6.07 Å². The van der Waals surface area contributed by atoms with Crippen LogP contribution < -0.4 is 5.73 Å². The topological polar surface area (TPSA) is 165 Å². The van der Waals surface area contributed by atoms with Crippen molar-refractivity contribution in [2.75, 3.05) is 33.2 Å². The van der Waals surface area contributed by atoms with E-state index in [9.17, 15) is 34.8 Å². The van der Waals surface area contributed by atoms with Crippen LogP contribution in [0.4, 0.5) is 0 Å². The number of phenols is 1. The number of Topliss-reactive ketones (excluding diaryl/α,β-unsaturated/α-hetero) is 2. The summed E-state index contributed by atoms with van der Waals surface area (Å²) in [7, 11) is 2.12. The second kappa shape index (κ2) is 9.83. The Morgan fingerprint density at radius 1 is 1.00 bits per heavy atom. The molecule has 0 bridgehead atoms. The molecule has 6 rings (SSSR count). The number of carbonyl (C=O) groups is 3. The molecule has 0 aromatic heterocycles. The van der Waals surface area contributed by atoms with E-state index in [1.165, 1.54) is 11.6 Å². The maximum Gasteiger partial charge on any atom is 0.255 e. The maximum atomic E-state index is 13.7. The molecule has 41 heavy (non-hydrogen) atoms. The third-order valence-electron chi connectivity index (χ3n) is 9.21. The number of nitrogens with zero attached hydrogens (tertiary/aromatic N) is 2. The van der Waals surface area contributed by atoms with Gasteiger partial charge in [-0.3, -0.25) is 19.3 Å². The number of aromatic hydroxyl groups is 1. The molecule has 214 valence electrons. The third kappa shape index (κ3) is 4.25. The first-order valence-electron chi connectivity index (χ1n) is 13.8. The van der Waals surface area contributed by atoms with Crippen molar-refractivity contribution < 1.29 is 34.8 Å². The Bertz CT molecular complexity index is 1540. The average Bonchev–Trinajstić information content (AvgIpc) is 2.92. The molecule has 2 aromatic rings. The lowest BCUT2D eigenvalue weighted by molar-refractivity contribution is -0.147. The SMILES string of the molecule is CN1CCN(Cc2ccc(-c3ccc(O)c4c3CC3CC5CC(=O)C(C(N)=O)=C(O)[C@@]5(O)C(=O)C3=C4O)cc2)CC1. The summed E-state index contributed by atoms with van der Waals surface area (Å²) >= 11 is 0. The fraction of sp³-hybridized carbons (Fsp3) is 0.387. The zero-order valence-corrected chi connectivity index (χ0v) is 22.8. The van der Waals surface area contributed by atoms with Gasteiger partial charge in [-0.2, -0.15) is 0 Å². The molecule has 3 atom stereocenters. The number of ketones is 2. The molecule has 3 aliphatic carbocycles. The number of piperazine rings is 1. The number of likely N-dealkylation sites (N-methyl/N-ethyl adjacent to an activating group) is 1. The van der Waals surface area contributed by atoms with Crippen molar-refractivity contribution in [2.45, 2.75) is 31.4 Å². The molecule has 0 radical (unpaired) electrons. The molecule has 10 heteroatoms. The van der Waals surface area contributed by atoms with E-state index in [2.05, 4.69) is 29.0 Å². The van der Waals surface area contributed by atoms with E-state index in [0.717, 1.165) is 43.9 Å². The van der Waals surface area contributed by atoms with Crippen LogP contribution in [-0.4, -0.2) is 86.5 Å². The van der Waals surface area contributed by atoms with E-state index in [4.69, 9.17) is 5.73 Å². The molecule has 4 aliphatic rings. The lowest BCUT2D eigenvalue weighted by Crippen LogP contribution is -2.58. The lowest BCUT2D eigenvalue weighted by atomic mass is 9.59. The molecular weight excluding hydrogens is 526 g/mol. The van der Waals surface area contributed by atoms with Gasteiger partial charge in [-0.25, -0.2) is 0 Å². The highest BCUT2D eigenvalue weighted by molar-refractivity contribution is 6.22. The monoisotopic (exact) mass is 559 g/mol. The Labute approximate surface area is 237 Å². The third-order valence-corrected chi connectivity index (χ3v) is 9.21. The van der Waals surface area contributed by atoms with Crippen LogP contribution in [-0.2, 0) is 27.3 Å². The van der Waals surface area contributed by atoms with Crippen LogP contribution in [0.5, 0.6) is 5.75 Å². The summed E-state index contributed by atoms with van der Waals surface area (Å²) in [5, 5.41) is 44.3. The minimum Gasteiger partial charge on any atom is -0.508 e. The van der Waals surface area contributed by atoms with E-state index >= 15 is 0 Å². The van der Waals surface area contributed by atoms with E-state index in [1.807, 2.05) is 12.1 Å². The number of nitrogens with two attached hydrogens (primary N) is 1. The second-order valence-electron chi connectivity index (χ2n) is 11.7. The maximum absolute atomic E-state index is 13.7. The molecule has 1 aliphatic heterocycles. The van der Waals surface area contributed by atoms with Gasteiger partial charge in [0.25, 0.3) is 5.91 Å². The van der Waals surface area contributed by atoms with Crippen LogP contribution >= 0.6 is 0 Å². The van der Waals surface area contributed by atoms with Crippen molar-refractivity contribution in [3.05, 3.63) is 70.0 Å². The van der Waals surface area contributed by atoms with Gasteiger partial charge in [-0.05, 0) is 54.1 Å². The predicted molar refractivity (Wildman–Crippen MR) is 150 cm³/mol. The van der Waals surface area contributed by atoms with Crippen molar-refractivity contribution in [3.63, 3.8) is 0 Å². The quantitative estimate of drug-likeness (QED) is 0.352. The van der Waals surface area contributed by atoms with Gasteiger partial charge in [-0.1, -0.05) is 30.3 Å². The summed E-state index contributed by atoms with van der Waals surface area (Å²) in [6.45, 7) is 4.94. The lowest BCUT2D eigenvalue weighted by Gasteiger charge is -2.46. The van der Waals surface area contributed by atoms with Gasteiger partial charge >= 0.3 is 0 Å². The van der Waals surface area contributed by atoms with Crippen LogP contribution in [0.1, 0.15) is 29.5 Å². The fourth-order valence-corrected chi connectivity index (χ4v) is 6.95. The Hall–Kier alpha value is -3.99. The number of hydrogen-bond acceptors (Lipinski definition) is 9. The number of hydrogen-bond donors (Lipinski definition) is 5. The average molecular weight is 560 g/mol. The molecule has 2 unspecified atom stereocenters. The van der Waals surface area contributed by atoms with Crippen molar-refractivity contribution >= 4 is 23.2 Å². The number of aliphatic hydroxyl groups excluding tert-OH is 2. The molecule has 6 N–H and O–H groups in total. The first kappa shape index (κ1) is 27.2. The van der Waals surface area contributed by atoms with Gasteiger partial charge in [0.05, 0.1) is 5.56 Å². The van der Waals surface area contributed by atoms with Gasteiger partial charge in [-0.15, -0.1) is 0 Å². The summed E-state index contributed by atoms with van der Waals surface area (Å²) in [5.74, 6) is -6.32. The number of rotatable bonds is 4. The number of benzene rings is 2. The van der Waals surface area contributed by atoms with E-state index in [-0.39, 0.29) is 36.1 Å². The predicted octanol–water partition coefficient (Wildman–Crippen LogP) is 1.84. The van der Waals surface area contributed by atoms with Crippen LogP contribution in [0, 0.1) is 11.8 Å². The summed E-state index contributed by atoms with van der Waals surface area (Å²) < 4.78 is 0. The number of carbonyl (C=O) groups excluding carboxylic acids is 3. The first-order chi connectivity index (χ1) is 19.5. The van der Waals surface area contributed by atoms with Gasteiger partial charge < -0.3 is 31.1 Å². The van der Waals surface area contributed by atoms with Crippen LogP contribution in [0.15, 0.2) is 53.3 Å². The highest BCUT2D eigenvalue weighted by Gasteiger charge is 2.60. The van der Waals surface area contributed by atoms with E-state index < -0.39 is 52.0 Å². The van der Waals surface area contributed by atoms with Crippen molar-refractivity contribution in [2.24, 2.45) is 17.6 Å². The zero-order valence-electron chi connectivity index (χ0n) is 22.8.